The number of ether oxygens (including phenoxy) is 1. The number of nitrogens with one attached hydrogen (secondary N) is 1. The highest BCUT2D eigenvalue weighted by molar-refractivity contribution is 5.88. The van der Waals surface area contributed by atoms with Gasteiger partial charge in [0.2, 0.25) is 5.91 Å². The Morgan fingerprint density at radius 1 is 1.06 bits per heavy atom. The highest BCUT2D eigenvalue weighted by Crippen LogP contribution is 2.29. The van der Waals surface area contributed by atoms with Crippen LogP contribution in [0.25, 0.3) is 0 Å². The number of rotatable bonds is 7. The number of amides is 2. The number of likely N-dealkylation sites (tertiary alicyclic amines) is 1. The summed E-state index contributed by atoms with van der Waals surface area (Å²) < 4.78 is 5.25. The Bertz CT molecular complexity index is 944. The first-order valence-corrected chi connectivity index (χ1v) is 11.0. The third-order valence-corrected chi connectivity index (χ3v) is 6.11. The molecule has 1 aliphatic heterocycles. The van der Waals surface area contributed by atoms with Crippen LogP contribution in [0.5, 0.6) is 0 Å². The van der Waals surface area contributed by atoms with Gasteiger partial charge in [0.15, 0.2) is 6.61 Å². The summed E-state index contributed by atoms with van der Waals surface area (Å²) in [5.74, 6) is -1.33. The lowest BCUT2D eigenvalue weighted by Crippen LogP contribution is -2.35. The van der Waals surface area contributed by atoms with Gasteiger partial charge in [0.05, 0.1) is 12.0 Å². The second-order valence-electron chi connectivity index (χ2n) is 8.30. The molecule has 2 atom stereocenters. The van der Waals surface area contributed by atoms with Gasteiger partial charge < -0.3 is 15.0 Å². The van der Waals surface area contributed by atoms with E-state index in [1.807, 2.05) is 48.5 Å². The maximum atomic E-state index is 12.4. The van der Waals surface area contributed by atoms with Gasteiger partial charge in [-0.15, -0.1) is 0 Å². The Morgan fingerprint density at radius 3 is 2.68 bits per heavy atom. The van der Waals surface area contributed by atoms with Crippen LogP contribution in [-0.2, 0) is 32.0 Å². The summed E-state index contributed by atoms with van der Waals surface area (Å²) in [5, 5.41) is 2.98. The normalized spacial score (nSPS) is 20.3. The number of aryl methyl sites for hydroxylation is 1. The summed E-state index contributed by atoms with van der Waals surface area (Å²) in [6.07, 6.45) is 3.81. The molecule has 2 amide bonds. The monoisotopic (exact) mass is 420 g/mol. The zero-order valence-corrected chi connectivity index (χ0v) is 17.6. The van der Waals surface area contributed by atoms with Crippen molar-refractivity contribution >= 4 is 17.8 Å². The maximum Gasteiger partial charge on any atom is 0.311 e. The number of benzene rings is 2. The molecule has 1 fully saturated rings. The van der Waals surface area contributed by atoms with Crippen molar-refractivity contribution in [3.63, 3.8) is 0 Å². The average molecular weight is 421 g/mol. The van der Waals surface area contributed by atoms with Crippen LogP contribution >= 0.6 is 0 Å². The Kier molecular flexibility index (Phi) is 6.65. The highest BCUT2D eigenvalue weighted by atomic mass is 16.5. The molecule has 1 N–H and O–H groups in total. The molecule has 0 radical (unpaired) electrons. The first-order chi connectivity index (χ1) is 15.1. The summed E-state index contributed by atoms with van der Waals surface area (Å²) in [6.45, 7) is 0.614. The fourth-order valence-corrected chi connectivity index (χ4v) is 4.45. The van der Waals surface area contributed by atoms with Gasteiger partial charge in [0.25, 0.3) is 5.91 Å². The van der Waals surface area contributed by atoms with Crippen molar-refractivity contribution in [2.24, 2.45) is 5.92 Å². The molecule has 1 heterocycles. The van der Waals surface area contributed by atoms with E-state index in [-0.39, 0.29) is 30.9 Å². The van der Waals surface area contributed by atoms with Crippen molar-refractivity contribution in [1.29, 1.82) is 0 Å². The average Bonchev–Trinajstić information content (AvgIpc) is 3.17. The zero-order chi connectivity index (χ0) is 21.6. The summed E-state index contributed by atoms with van der Waals surface area (Å²) in [6, 6.07) is 18.0. The van der Waals surface area contributed by atoms with Crippen molar-refractivity contribution in [3.05, 3.63) is 71.3 Å². The number of nitrogens with zero attached hydrogens (tertiary/aromatic N) is 1. The zero-order valence-electron chi connectivity index (χ0n) is 17.6. The predicted molar refractivity (Wildman–Crippen MR) is 116 cm³/mol. The Morgan fingerprint density at radius 2 is 1.84 bits per heavy atom. The molecule has 6 nitrogen and oxygen atoms in total. The third-order valence-electron chi connectivity index (χ3n) is 6.11. The van der Waals surface area contributed by atoms with Crippen LogP contribution in [0.15, 0.2) is 54.6 Å². The van der Waals surface area contributed by atoms with Gasteiger partial charge in [-0.2, -0.15) is 0 Å². The van der Waals surface area contributed by atoms with Crippen LogP contribution < -0.4 is 5.32 Å². The van der Waals surface area contributed by atoms with E-state index in [9.17, 15) is 14.4 Å². The molecule has 4 rings (SSSR count). The van der Waals surface area contributed by atoms with Crippen LogP contribution in [0.2, 0.25) is 0 Å². The molecule has 31 heavy (non-hydrogen) atoms. The van der Waals surface area contributed by atoms with E-state index in [0.717, 1.165) is 36.8 Å². The lowest BCUT2D eigenvalue weighted by Gasteiger charge is -2.26. The molecule has 2 unspecified atom stereocenters. The number of carbonyl (C=O) groups is 3. The van der Waals surface area contributed by atoms with Gasteiger partial charge in [-0.25, -0.2) is 0 Å². The minimum atomic E-state index is -0.508. The van der Waals surface area contributed by atoms with Gasteiger partial charge in [-0.05, 0) is 42.4 Å². The lowest BCUT2D eigenvalue weighted by molar-refractivity contribution is -0.152. The lowest BCUT2D eigenvalue weighted by atomic mass is 9.88. The molecule has 2 aromatic rings. The largest absolute Gasteiger partial charge is 0.455 e. The summed E-state index contributed by atoms with van der Waals surface area (Å²) in [7, 11) is 0. The van der Waals surface area contributed by atoms with E-state index in [4.69, 9.17) is 4.74 Å². The molecule has 6 heteroatoms. The van der Waals surface area contributed by atoms with Crippen LogP contribution in [0.1, 0.15) is 42.0 Å². The number of esters is 1. The molecule has 1 aliphatic carbocycles. The quantitative estimate of drug-likeness (QED) is 0.699. The summed E-state index contributed by atoms with van der Waals surface area (Å²) >= 11 is 0. The van der Waals surface area contributed by atoms with Gasteiger partial charge in [0, 0.05) is 19.5 Å². The SMILES string of the molecule is O=C(COC(=O)C1CC(=O)N(CCc2ccccc2)C1)NC1CCCc2ccccc21. The van der Waals surface area contributed by atoms with Crippen molar-refractivity contribution < 1.29 is 19.1 Å². The van der Waals surface area contributed by atoms with Gasteiger partial charge in [-0.3, -0.25) is 14.4 Å². The number of hydrogen-bond acceptors (Lipinski definition) is 4. The Labute approximate surface area is 182 Å². The van der Waals surface area contributed by atoms with E-state index in [1.54, 1.807) is 4.90 Å². The van der Waals surface area contributed by atoms with Gasteiger partial charge >= 0.3 is 5.97 Å². The molecule has 2 aliphatic rings. The minimum Gasteiger partial charge on any atom is -0.455 e. The molecular weight excluding hydrogens is 392 g/mol. The number of fused-ring (bicyclic) bond motifs is 1. The minimum absolute atomic E-state index is 0.0406. The highest BCUT2D eigenvalue weighted by Gasteiger charge is 2.35. The first kappa shape index (κ1) is 21.1. The fourth-order valence-electron chi connectivity index (χ4n) is 4.45. The van der Waals surface area contributed by atoms with Crippen molar-refractivity contribution in [1.82, 2.24) is 10.2 Å². The topological polar surface area (TPSA) is 75.7 Å². The third kappa shape index (κ3) is 5.32. The van der Waals surface area contributed by atoms with E-state index in [1.165, 1.54) is 5.56 Å². The molecule has 0 aromatic heterocycles. The van der Waals surface area contributed by atoms with Crippen molar-refractivity contribution in [2.75, 3.05) is 19.7 Å². The summed E-state index contributed by atoms with van der Waals surface area (Å²) in [5.41, 5.74) is 3.56. The first-order valence-electron chi connectivity index (χ1n) is 11.0. The van der Waals surface area contributed by atoms with Crippen LogP contribution in [-0.4, -0.2) is 42.4 Å². The number of carbonyl (C=O) groups excluding carboxylic acids is 3. The Hall–Kier alpha value is -3.15. The van der Waals surface area contributed by atoms with E-state index < -0.39 is 11.9 Å². The molecule has 162 valence electrons. The molecule has 0 saturated carbocycles. The van der Waals surface area contributed by atoms with Crippen LogP contribution in [0.3, 0.4) is 0 Å². The standard InChI is InChI=1S/C25H28N2O4/c28-23(26-22-12-6-10-19-9-4-5-11-21(19)22)17-31-25(30)20-15-24(29)27(16-20)14-13-18-7-2-1-3-8-18/h1-5,7-9,11,20,22H,6,10,12-17H2,(H,26,28). The van der Waals surface area contributed by atoms with Crippen molar-refractivity contribution in [3.8, 4) is 0 Å². The summed E-state index contributed by atoms with van der Waals surface area (Å²) in [4.78, 5) is 38.8. The molecule has 0 bridgehead atoms. The van der Waals surface area contributed by atoms with E-state index >= 15 is 0 Å². The number of hydrogen-bond donors (Lipinski definition) is 1. The predicted octanol–water partition coefficient (Wildman–Crippen LogP) is 2.81. The molecular formula is C25H28N2O4. The van der Waals surface area contributed by atoms with Crippen LogP contribution in [0, 0.1) is 5.92 Å². The smallest absolute Gasteiger partial charge is 0.311 e. The van der Waals surface area contributed by atoms with Gasteiger partial charge in [0.1, 0.15) is 0 Å². The van der Waals surface area contributed by atoms with Gasteiger partial charge in [-0.1, -0.05) is 54.6 Å². The Balaban J connectivity index is 1.23. The molecule has 0 spiro atoms. The maximum absolute atomic E-state index is 12.4. The molecule has 1 saturated heterocycles. The fraction of sp³-hybridized carbons (Fsp3) is 0.400. The van der Waals surface area contributed by atoms with Crippen molar-refractivity contribution in [2.45, 2.75) is 38.1 Å². The molecule has 2 aromatic carbocycles. The second-order valence-corrected chi connectivity index (χ2v) is 8.30. The van der Waals surface area contributed by atoms with Crippen LogP contribution in [0.4, 0.5) is 0 Å². The van der Waals surface area contributed by atoms with E-state index in [2.05, 4.69) is 11.4 Å². The second kappa shape index (κ2) is 9.77. The van der Waals surface area contributed by atoms with E-state index in [0.29, 0.717) is 13.1 Å².